The molecule has 0 aliphatic rings. The fourth-order valence-electron chi connectivity index (χ4n) is 2.93. The summed E-state index contributed by atoms with van der Waals surface area (Å²) in [5.41, 5.74) is 1.10. The summed E-state index contributed by atoms with van der Waals surface area (Å²) in [6.45, 7) is 14.3. The van der Waals surface area contributed by atoms with Crippen molar-refractivity contribution in [1.82, 2.24) is 0 Å². The quantitative estimate of drug-likeness (QED) is 0.605. The van der Waals surface area contributed by atoms with E-state index in [-0.39, 0.29) is 0 Å². The van der Waals surface area contributed by atoms with Crippen molar-refractivity contribution < 1.29 is 0 Å². The van der Waals surface area contributed by atoms with Crippen LogP contribution in [0.2, 0.25) is 16.9 Å². The second-order valence-electron chi connectivity index (χ2n) is 7.64. The molecule has 0 amide bonds. The van der Waals surface area contributed by atoms with Crippen LogP contribution in [0.5, 0.6) is 0 Å². The summed E-state index contributed by atoms with van der Waals surface area (Å²) in [5, 5.41) is 0. The maximum atomic E-state index is 2.61. The maximum absolute atomic E-state index is 2.61. The van der Waals surface area contributed by atoms with Gasteiger partial charge in [0.2, 0.25) is 0 Å². The van der Waals surface area contributed by atoms with Gasteiger partial charge < -0.3 is 0 Å². The average Bonchev–Trinajstić information content (AvgIpc) is 1.43. The first-order chi connectivity index (χ1) is 5.41. The molecule has 0 heterocycles. The molecule has 0 saturated heterocycles. The fourth-order valence-corrected chi connectivity index (χ4v) is 25.7. The molecule has 0 N–H and O–H groups in total. The van der Waals surface area contributed by atoms with Gasteiger partial charge >= 0.3 is 90.5 Å². The summed E-state index contributed by atoms with van der Waals surface area (Å²) in [6.07, 6.45) is 0. The molecule has 0 radical (unpaired) electrons. The van der Waals surface area contributed by atoms with Crippen LogP contribution in [-0.2, 0) is 0 Å². The van der Waals surface area contributed by atoms with Crippen LogP contribution in [0.25, 0.3) is 0 Å². The number of rotatable bonds is 2. The zero-order valence-electron chi connectivity index (χ0n) is 10.9. The molecule has 0 saturated carbocycles. The van der Waals surface area contributed by atoms with Gasteiger partial charge in [-0.15, -0.1) is 0 Å². The van der Waals surface area contributed by atoms with Gasteiger partial charge in [0.15, 0.2) is 0 Å². The molecule has 0 fully saturated rings. The summed E-state index contributed by atoms with van der Waals surface area (Å²) in [4.78, 5) is 0. The van der Waals surface area contributed by atoms with Crippen LogP contribution < -0.4 is 0 Å². The average molecular weight is 380 g/mol. The molecule has 0 aromatic heterocycles. The van der Waals surface area contributed by atoms with E-state index in [1.165, 1.54) is 7.96 Å². The number of hydrogen-bond acceptors (Lipinski definition) is 0. The van der Waals surface area contributed by atoms with Crippen LogP contribution in [-0.4, -0.2) is 21.2 Å². The predicted octanol–water partition coefficient (Wildman–Crippen LogP) is 4.79. The second-order valence-corrected chi connectivity index (χ2v) is 27.2. The Morgan fingerprint density at radius 3 is 1.08 bits per heavy atom. The molecule has 80 valence electrons. The summed E-state index contributed by atoms with van der Waals surface area (Å²) >= 11 is -1.84. The van der Waals surface area contributed by atoms with E-state index in [9.17, 15) is 0 Å². The van der Waals surface area contributed by atoms with E-state index < -0.39 is 21.2 Å². The van der Waals surface area contributed by atoms with Gasteiger partial charge in [0.05, 0.1) is 0 Å². The zero-order valence-corrected chi connectivity index (χ0v) is 14.8. The normalized spacial score (nSPS) is 14.8. The van der Waals surface area contributed by atoms with Gasteiger partial charge in [0.1, 0.15) is 0 Å². The molecule has 0 aliphatic carbocycles. The van der Waals surface area contributed by atoms with E-state index >= 15 is 0 Å². The van der Waals surface area contributed by atoms with Crippen molar-refractivity contribution >= 4 is 21.2 Å². The SMILES string of the molecule is CC(C)(C)[CH2][Pb]([CH3])([CH3])[CH2]C(C)(C)C. The van der Waals surface area contributed by atoms with E-state index in [1.807, 2.05) is 0 Å². The summed E-state index contributed by atoms with van der Waals surface area (Å²) in [5.74, 6) is 0. The Bertz CT molecular complexity index is 137. The van der Waals surface area contributed by atoms with E-state index in [0.29, 0.717) is 10.8 Å². The molecule has 0 bridgehead atoms. The molecule has 13 heavy (non-hydrogen) atoms. The van der Waals surface area contributed by atoms with Crippen molar-refractivity contribution in [3.63, 3.8) is 0 Å². The third-order valence-electron chi connectivity index (χ3n) is 2.02. The van der Waals surface area contributed by atoms with E-state index in [0.717, 1.165) is 0 Å². The first kappa shape index (κ1) is 13.9. The fraction of sp³-hybridized carbons (Fsp3) is 1.00. The minimum atomic E-state index is -1.84. The zero-order chi connectivity index (χ0) is 10.9. The van der Waals surface area contributed by atoms with Crippen LogP contribution in [0, 0.1) is 10.8 Å². The molecule has 0 atom stereocenters. The van der Waals surface area contributed by atoms with Crippen LogP contribution in [0.3, 0.4) is 0 Å². The van der Waals surface area contributed by atoms with E-state index in [4.69, 9.17) is 0 Å². The Labute approximate surface area is 90.2 Å². The second kappa shape index (κ2) is 4.20. The molecule has 0 aromatic rings. The monoisotopic (exact) mass is 380 g/mol. The van der Waals surface area contributed by atoms with Gasteiger partial charge in [0.25, 0.3) is 0 Å². The van der Waals surface area contributed by atoms with Gasteiger partial charge in [-0.05, 0) is 0 Å². The van der Waals surface area contributed by atoms with Crippen LogP contribution in [0.1, 0.15) is 41.5 Å². The Hall–Kier alpha value is 0.922. The van der Waals surface area contributed by atoms with Crippen molar-refractivity contribution in [3.05, 3.63) is 0 Å². The molecule has 0 spiro atoms. The Morgan fingerprint density at radius 1 is 0.692 bits per heavy atom. The third kappa shape index (κ3) is 9.23. The first-order valence-electron chi connectivity index (χ1n) is 5.41. The Morgan fingerprint density at radius 2 is 0.923 bits per heavy atom. The molecular formula is C12H28Pb. The Kier molecular flexibility index (Phi) is 4.49. The van der Waals surface area contributed by atoms with Crippen molar-refractivity contribution in [2.75, 3.05) is 0 Å². The van der Waals surface area contributed by atoms with E-state index in [1.54, 1.807) is 0 Å². The molecule has 0 unspecified atom stereocenters. The van der Waals surface area contributed by atoms with Crippen LogP contribution in [0.15, 0.2) is 0 Å². The predicted molar refractivity (Wildman–Crippen MR) is 66.0 cm³/mol. The van der Waals surface area contributed by atoms with E-state index in [2.05, 4.69) is 50.5 Å². The molecular weight excluding hydrogens is 351 g/mol. The standard InChI is InChI=1S/2C5H11.2CH3.Pb/c2*1-5(2,3)4;;;/h2*1H2,2-4H3;2*1H3;. The van der Waals surface area contributed by atoms with Crippen molar-refractivity contribution in [3.8, 4) is 0 Å². The molecule has 0 aromatic carbocycles. The Balaban J connectivity index is 4.25. The van der Waals surface area contributed by atoms with Crippen molar-refractivity contribution in [1.29, 1.82) is 0 Å². The van der Waals surface area contributed by atoms with Gasteiger partial charge in [0, 0.05) is 0 Å². The van der Waals surface area contributed by atoms with Gasteiger partial charge in [-0.25, -0.2) is 0 Å². The molecule has 0 nitrogen and oxygen atoms in total. The first-order valence-corrected chi connectivity index (χ1v) is 18.7. The van der Waals surface area contributed by atoms with Gasteiger partial charge in [-0.1, -0.05) is 0 Å². The molecule has 1 heteroatoms. The van der Waals surface area contributed by atoms with Crippen LogP contribution in [0.4, 0.5) is 0 Å². The topological polar surface area (TPSA) is 0 Å². The molecule has 0 rings (SSSR count). The van der Waals surface area contributed by atoms with Crippen molar-refractivity contribution in [2.24, 2.45) is 10.8 Å². The van der Waals surface area contributed by atoms with Crippen LogP contribution >= 0.6 is 0 Å². The summed E-state index contributed by atoms with van der Waals surface area (Å²) in [7, 11) is 0. The van der Waals surface area contributed by atoms with Gasteiger partial charge in [-0.3, -0.25) is 0 Å². The van der Waals surface area contributed by atoms with Crippen molar-refractivity contribution in [2.45, 2.75) is 58.5 Å². The summed E-state index contributed by atoms with van der Waals surface area (Å²) < 4.78 is 8.28. The minimum absolute atomic E-state index is 0.552. The summed E-state index contributed by atoms with van der Waals surface area (Å²) in [6, 6.07) is 0. The number of hydrogen-bond donors (Lipinski definition) is 0. The van der Waals surface area contributed by atoms with Gasteiger partial charge in [-0.2, -0.15) is 0 Å². The molecule has 0 aliphatic heterocycles. The third-order valence-corrected chi connectivity index (χ3v) is 17.7.